The Balaban J connectivity index is 1.28. The average molecular weight is 492 g/mol. The van der Waals surface area contributed by atoms with Gasteiger partial charge in [0.15, 0.2) is 11.7 Å². The number of hydrogen-bond acceptors (Lipinski definition) is 4. The van der Waals surface area contributed by atoms with E-state index in [9.17, 15) is 22.8 Å². The molecule has 0 atom stereocenters. The monoisotopic (exact) mass is 491 g/mol. The highest BCUT2D eigenvalue weighted by molar-refractivity contribution is 6.30. The minimum absolute atomic E-state index is 0.0185. The first kappa shape index (κ1) is 23.8. The Morgan fingerprint density at radius 3 is 2.35 bits per heavy atom. The van der Waals surface area contributed by atoms with E-state index in [-0.39, 0.29) is 31.0 Å². The number of rotatable bonds is 5. The molecule has 0 unspecified atom stereocenters. The van der Waals surface area contributed by atoms with Crippen molar-refractivity contribution in [1.29, 1.82) is 0 Å². The van der Waals surface area contributed by atoms with Crippen LogP contribution in [0.5, 0.6) is 0 Å². The zero-order valence-corrected chi connectivity index (χ0v) is 18.8. The van der Waals surface area contributed by atoms with Crippen molar-refractivity contribution in [1.82, 2.24) is 14.8 Å². The molecule has 1 saturated heterocycles. The summed E-state index contributed by atoms with van der Waals surface area (Å²) in [5.74, 6) is 0.447. The van der Waals surface area contributed by atoms with Gasteiger partial charge >= 0.3 is 6.18 Å². The number of aryl methyl sites for hydroxylation is 1. The SMILES string of the molecule is O=C(CCc1ncc(-c2ccc(Cl)cc2)o1)N1CCN(C(=O)c2cccc(C(F)(F)F)c2)CC1. The molecule has 0 saturated carbocycles. The van der Waals surface area contributed by atoms with Crippen LogP contribution < -0.4 is 0 Å². The Hall–Kier alpha value is -3.33. The van der Waals surface area contributed by atoms with Gasteiger partial charge in [0, 0.05) is 55.2 Å². The third-order valence-corrected chi connectivity index (χ3v) is 5.84. The van der Waals surface area contributed by atoms with Gasteiger partial charge in [-0.1, -0.05) is 17.7 Å². The highest BCUT2D eigenvalue weighted by atomic mass is 35.5. The number of carbonyl (C=O) groups excluding carboxylic acids is 2. The fourth-order valence-corrected chi connectivity index (χ4v) is 3.84. The van der Waals surface area contributed by atoms with Crippen LogP contribution in [-0.4, -0.2) is 52.8 Å². The first-order valence-electron chi connectivity index (χ1n) is 10.7. The van der Waals surface area contributed by atoms with Gasteiger partial charge in [0.2, 0.25) is 5.91 Å². The highest BCUT2D eigenvalue weighted by Gasteiger charge is 2.32. The largest absolute Gasteiger partial charge is 0.441 e. The summed E-state index contributed by atoms with van der Waals surface area (Å²) >= 11 is 5.89. The lowest BCUT2D eigenvalue weighted by Crippen LogP contribution is -2.50. The molecule has 0 aliphatic carbocycles. The number of carbonyl (C=O) groups is 2. The zero-order chi connectivity index (χ0) is 24.3. The summed E-state index contributed by atoms with van der Waals surface area (Å²) in [4.78, 5) is 32.6. The number of piperazine rings is 1. The van der Waals surface area contributed by atoms with E-state index in [4.69, 9.17) is 16.0 Å². The van der Waals surface area contributed by atoms with Crippen molar-refractivity contribution < 1.29 is 27.2 Å². The van der Waals surface area contributed by atoms with Crippen molar-refractivity contribution >= 4 is 23.4 Å². The Morgan fingerprint density at radius 2 is 1.68 bits per heavy atom. The summed E-state index contributed by atoms with van der Waals surface area (Å²) in [6.45, 7) is 1.12. The molecule has 34 heavy (non-hydrogen) atoms. The van der Waals surface area contributed by atoms with E-state index in [2.05, 4.69) is 4.98 Å². The smallest absolute Gasteiger partial charge is 0.416 e. The van der Waals surface area contributed by atoms with Crippen molar-refractivity contribution in [2.45, 2.75) is 19.0 Å². The zero-order valence-electron chi connectivity index (χ0n) is 18.0. The van der Waals surface area contributed by atoms with Gasteiger partial charge in [0.1, 0.15) is 0 Å². The second-order valence-corrected chi connectivity index (χ2v) is 8.31. The number of nitrogens with zero attached hydrogens (tertiary/aromatic N) is 3. The Bertz CT molecular complexity index is 1170. The number of aromatic nitrogens is 1. The van der Waals surface area contributed by atoms with Gasteiger partial charge in [-0.05, 0) is 42.5 Å². The molecule has 178 valence electrons. The molecular weight excluding hydrogens is 471 g/mol. The topological polar surface area (TPSA) is 66.7 Å². The maximum absolute atomic E-state index is 12.9. The number of hydrogen-bond donors (Lipinski definition) is 0. The molecule has 0 bridgehead atoms. The maximum Gasteiger partial charge on any atom is 0.416 e. The number of benzene rings is 2. The number of oxazole rings is 1. The molecular formula is C24H21ClF3N3O3. The fourth-order valence-electron chi connectivity index (χ4n) is 3.72. The van der Waals surface area contributed by atoms with Crippen LogP contribution in [0, 0.1) is 0 Å². The van der Waals surface area contributed by atoms with Gasteiger partial charge in [-0.3, -0.25) is 9.59 Å². The first-order valence-corrected chi connectivity index (χ1v) is 11.0. The Morgan fingerprint density at radius 1 is 1.00 bits per heavy atom. The van der Waals surface area contributed by atoms with E-state index >= 15 is 0 Å². The fraction of sp³-hybridized carbons (Fsp3) is 0.292. The third kappa shape index (κ3) is 5.59. The number of amides is 2. The molecule has 1 aliphatic rings. The Labute approximate surface area is 198 Å². The first-order chi connectivity index (χ1) is 16.2. The second-order valence-electron chi connectivity index (χ2n) is 7.88. The van der Waals surface area contributed by atoms with Crippen molar-refractivity contribution in [3.8, 4) is 11.3 Å². The summed E-state index contributed by atoms with van der Waals surface area (Å²) in [5.41, 5.74) is -0.0519. The van der Waals surface area contributed by atoms with Gasteiger partial charge < -0.3 is 14.2 Å². The van der Waals surface area contributed by atoms with Crippen molar-refractivity contribution in [3.63, 3.8) is 0 Å². The normalized spacial score (nSPS) is 14.4. The minimum atomic E-state index is -4.51. The van der Waals surface area contributed by atoms with Gasteiger partial charge in [-0.25, -0.2) is 4.98 Å². The molecule has 2 amide bonds. The van der Waals surface area contributed by atoms with E-state index in [1.165, 1.54) is 17.0 Å². The summed E-state index contributed by atoms with van der Waals surface area (Å²) in [6, 6.07) is 11.5. The van der Waals surface area contributed by atoms with Crippen LogP contribution in [0.4, 0.5) is 13.2 Å². The van der Waals surface area contributed by atoms with Crippen LogP contribution in [0.15, 0.2) is 59.1 Å². The van der Waals surface area contributed by atoms with Crippen LogP contribution >= 0.6 is 11.6 Å². The second kappa shape index (κ2) is 9.89. The van der Waals surface area contributed by atoms with Crippen molar-refractivity contribution in [2.75, 3.05) is 26.2 Å². The van der Waals surface area contributed by atoms with E-state index in [1.807, 2.05) is 12.1 Å². The Kier molecular flexibility index (Phi) is 6.92. The summed E-state index contributed by atoms with van der Waals surface area (Å²) in [5, 5.41) is 0.616. The predicted octanol–water partition coefficient (Wildman–Crippen LogP) is 4.93. The van der Waals surface area contributed by atoms with Crippen LogP contribution in [0.3, 0.4) is 0 Å². The molecule has 0 radical (unpaired) electrons. The van der Waals surface area contributed by atoms with Gasteiger partial charge in [-0.15, -0.1) is 0 Å². The van der Waals surface area contributed by atoms with Crippen LogP contribution in [-0.2, 0) is 17.4 Å². The minimum Gasteiger partial charge on any atom is -0.441 e. The molecule has 2 aromatic carbocycles. The number of halogens is 4. The van der Waals surface area contributed by atoms with Gasteiger partial charge in [0.25, 0.3) is 5.91 Å². The van der Waals surface area contributed by atoms with Gasteiger partial charge in [0.05, 0.1) is 11.8 Å². The van der Waals surface area contributed by atoms with Crippen molar-refractivity contribution in [2.24, 2.45) is 0 Å². The van der Waals surface area contributed by atoms with E-state index in [0.717, 1.165) is 17.7 Å². The molecule has 10 heteroatoms. The highest BCUT2D eigenvalue weighted by Crippen LogP contribution is 2.30. The van der Waals surface area contributed by atoms with Crippen molar-refractivity contribution in [3.05, 3.63) is 76.8 Å². The van der Waals surface area contributed by atoms with E-state index in [0.29, 0.717) is 36.2 Å². The lowest BCUT2D eigenvalue weighted by Gasteiger charge is -2.35. The molecule has 0 spiro atoms. The summed E-state index contributed by atoms with van der Waals surface area (Å²) in [6.07, 6.45) is -2.39. The molecule has 4 rings (SSSR count). The molecule has 0 N–H and O–H groups in total. The lowest BCUT2D eigenvalue weighted by atomic mass is 10.1. The summed E-state index contributed by atoms with van der Waals surface area (Å²) < 4.78 is 44.5. The standard InChI is InChI=1S/C24H21ClF3N3O3/c25-19-6-4-16(5-7-19)20-15-29-21(34-20)8-9-22(32)30-10-12-31(13-11-30)23(33)17-2-1-3-18(14-17)24(26,27)28/h1-7,14-15H,8-13H2. The molecule has 1 aromatic heterocycles. The molecule has 1 aliphatic heterocycles. The predicted molar refractivity (Wildman–Crippen MR) is 119 cm³/mol. The van der Waals surface area contributed by atoms with E-state index < -0.39 is 17.6 Å². The van der Waals surface area contributed by atoms with Crippen LogP contribution in [0.2, 0.25) is 5.02 Å². The van der Waals surface area contributed by atoms with E-state index in [1.54, 1.807) is 23.2 Å². The molecule has 6 nitrogen and oxygen atoms in total. The molecule has 2 heterocycles. The lowest BCUT2D eigenvalue weighted by molar-refractivity contribution is -0.137. The molecule has 3 aromatic rings. The third-order valence-electron chi connectivity index (χ3n) is 5.59. The summed E-state index contributed by atoms with van der Waals surface area (Å²) in [7, 11) is 0. The number of alkyl halides is 3. The quantitative estimate of drug-likeness (QED) is 0.507. The van der Waals surface area contributed by atoms with Crippen LogP contribution in [0.25, 0.3) is 11.3 Å². The maximum atomic E-state index is 12.9. The molecule has 1 fully saturated rings. The average Bonchev–Trinajstić information content (AvgIpc) is 3.31. The van der Waals surface area contributed by atoms with Crippen LogP contribution in [0.1, 0.15) is 28.2 Å². The van der Waals surface area contributed by atoms with Gasteiger partial charge in [-0.2, -0.15) is 13.2 Å².